The van der Waals surface area contributed by atoms with E-state index in [0.29, 0.717) is 22.5 Å². The Balaban J connectivity index is 1.47. The number of ether oxygens (including phenoxy) is 1. The molecule has 1 aromatic heterocycles. The van der Waals surface area contributed by atoms with Gasteiger partial charge in [0.05, 0.1) is 16.0 Å². The van der Waals surface area contributed by atoms with Gasteiger partial charge in [0.15, 0.2) is 9.84 Å². The number of nitrogens with two attached hydrogens (primary N) is 1. The molecule has 0 radical (unpaired) electrons. The second kappa shape index (κ2) is 8.52. The van der Waals surface area contributed by atoms with Gasteiger partial charge < -0.3 is 15.5 Å². The van der Waals surface area contributed by atoms with E-state index in [9.17, 15) is 18.0 Å². The third-order valence-corrected chi connectivity index (χ3v) is 6.21. The molecule has 2 amide bonds. The number of aromatic amines is 1. The molecule has 10 heteroatoms. The minimum Gasteiger partial charge on any atom is -0.410 e. The topological polar surface area (TPSA) is 144 Å². The fourth-order valence-electron chi connectivity index (χ4n) is 3.10. The van der Waals surface area contributed by atoms with Crippen molar-refractivity contribution in [2.45, 2.75) is 10.6 Å². The normalized spacial score (nSPS) is 11.2. The quantitative estimate of drug-likeness (QED) is 0.411. The van der Waals surface area contributed by atoms with Crippen molar-refractivity contribution in [3.8, 4) is 5.75 Å². The molecule has 0 fully saturated rings. The van der Waals surface area contributed by atoms with Crippen LogP contribution in [0.1, 0.15) is 16.2 Å². The van der Waals surface area contributed by atoms with E-state index in [0.717, 1.165) is 0 Å². The van der Waals surface area contributed by atoms with Crippen molar-refractivity contribution in [2.24, 2.45) is 5.73 Å². The lowest BCUT2D eigenvalue weighted by Gasteiger charge is -2.08. The first-order valence-electron chi connectivity index (χ1n) is 9.46. The minimum atomic E-state index is -3.74. The van der Waals surface area contributed by atoms with E-state index in [1.54, 1.807) is 42.5 Å². The number of hydrogen-bond donors (Lipinski definition) is 3. The number of para-hydroxylation sites is 2. The first-order chi connectivity index (χ1) is 15.3. The zero-order valence-electron chi connectivity index (χ0n) is 16.6. The summed E-state index contributed by atoms with van der Waals surface area (Å²) in [7, 11) is -3.74. The van der Waals surface area contributed by atoms with Crippen LogP contribution in [0.3, 0.4) is 0 Å². The number of H-pyrrole nitrogens is 1. The minimum absolute atomic E-state index is 0.0510. The van der Waals surface area contributed by atoms with E-state index in [-0.39, 0.29) is 16.3 Å². The molecule has 0 atom stereocenters. The molecule has 0 saturated heterocycles. The smallest absolute Gasteiger partial charge is 0.410 e. The van der Waals surface area contributed by atoms with Gasteiger partial charge in [-0.1, -0.05) is 24.3 Å². The summed E-state index contributed by atoms with van der Waals surface area (Å²) in [5.41, 5.74) is 6.77. The Bertz CT molecular complexity index is 1400. The Labute approximate surface area is 183 Å². The summed E-state index contributed by atoms with van der Waals surface area (Å²) in [6.45, 7) is 0. The number of amides is 2. The summed E-state index contributed by atoms with van der Waals surface area (Å²) in [5.74, 6) is -0.481. The average Bonchev–Trinajstić information content (AvgIpc) is 3.16. The predicted molar refractivity (Wildman–Crippen MR) is 118 cm³/mol. The maximum atomic E-state index is 12.8. The van der Waals surface area contributed by atoms with Gasteiger partial charge in [0.25, 0.3) is 5.91 Å². The summed E-state index contributed by atoms with van der Waals surface area (Å²) in [4.78, 5) is 30.7. The molecule has 0 aliphatic rings. The fraction of sp³-hybridized carbons (Fsp3) is 0.0455. The number of imidazole rings is 1. The number of sulfone groups is 1. The van der Waals surface area contributed by atoms with E-state index in [1.807, 2.05) is 0 Å². The van der Waals surface area contributed by atoms with Gasteiger partial charge in [0.1, 0.15) is 22.8 Å². The highest BCUT2D eigenvalue weighted by Gasteiger charge is 2.19. The Morgan fingerprint density at radius 3 is 2.38 bits per heavy atom. The number of benzene rings is 3. The van der Waals surface area contributed by atoms with E-state index < -0.39 is 27.6 Å². The number of aromatic nitrogens is 2. The predicted octanol–water partition coefficient (Wildman–Crippen LogP) is 3.25. The lowest BCUT2D eigenvalue weighted by atomic mass is 10.2. The number of rotatable bonds is 6. The molecule has 0 saturated carbocycles. The summed E-state index contributed by atoms with van der Waals surface area (Å²) in [5, 5.41) is 2.54. The fourth-order valence-corrected chi connectivity index (χ4v) is 4.31. The van der Waals surface area contributed by atoms with Crippen LogP contribution in [0.2, 0.25) is 0 Å². The van der Waals surface area contributed by atoms with Crippen LogP contribution in [-0.4, -0.2) is 30.4 Å². The van der Waals surface area contributed by atoms with Gasteiger partial charge in [-0.2, -0.15) is 0 Å². The molecule has 4 N–H and O–H groups in total. The molecule has 1 heterocycles. The molecule has 4 rings (SSSR count). The van der Waals surface area contributed by atoms with Crippen molar-refractivity contribution in [2.75, 3.05) is 5.32 Å². The molecule has 162 valence electrons. The van der Waals surface area contributed by atoms with Gasteiger partial charge in [-0.3, -0.25) is 10.1 Å². The lowest BCUT2D eigenvalue weighted by molar-refractivity contribution is 0.100. The molecular weight excluding hydrogens is 432 g/mol. The molecular formula is C22H18N4O5S. The lowest BCUT2D eigenvalue weighted by Crippen LogP contribution is -2.16. The Morgan fingerprint density at radius 2 is 1.69 bits per heavy atom. The van der Waals surface area contributed by atoms with Crippen LogP contribution in [0.25, 0.3) is 11.0 Å². The third kappa shape index (κ3) is 4.60. The van der Waals surface area contributed by atoms with E-state index in [4.69, 9.17) is 10.5 Å². The van der Waals surface area contributed by atoms with Crippen molar-refractivity contribution < 1.29 is 22.7 Å². The molecule has 0 aliphatic carbocycles. The number of anilines is 1. The van der Waals surface area contributed by atoms with Crippen molar-refractivity contribution in [3.63, 3.8) is 0 Å². The number of hydrogen-bond acceptors (Lipinski definition) is 6. The van der Waals surface area contributed by atoms with Crippen LogP contribution < -0.4 is 15.8 Å². The molecule has 4 aromatic rings. The number of primary amides is 1. The standard InChI is InChI=1S/C22H18N4O5S/c23-21(27)17-7-4-8-18-20(17)26-19(25-18)13-32(29,30)16-11-9-14(10-12-16)24-22(28)31-15-5-2-1-3-6-15/h1-12H,13H2,(H2,23,27)(H,24,28)(H,25,26). The van der Waals surface area contributed by atoms with Crippen molar-refractivity contribution >= 4 is 38.6 Å². The van der Waals surface area contributed by atoms with Crippen LogP contribution in [0.5, 0.6) is 5.75 Å². The van der Waals surface area contributed by atoms with Crippen molar-refractivity contribution in [1.29, 1.82) is 0 Å². The molecule has 0 aliphatic heterocycles. The number of fused-ring (bicyclic) bond motifs is 1. The maximum Gasteiger partial charge on any atom is 0.417 e. The third-order valence-electron chi connectivity index (χ3n) is 4.57. The zero-order valence-corrected chi connectivity index (χ0v) is 17.4. The summed E-state index contributed by atoms with van der Waals surface area (Å²) < 4.78 is 30.8. The number of carbonyl (C=O) groups is 2. The molecule has 0 bridgehead atoms. The Hall–Kier alpha value is -4.18. The molecule has 0 spiro atoms. The largest absolute Gasteiger partial charge is 0.417 e. The van der Waals surface area contributed by atoms with Gasteiger partial charge in [-0.05, 0) is 48.5 Å². The van der Waals surface area contributed by atoms with Gasteiger partial charge in [0, 0.05) is 5.69 Å². The van der Waals surface area contributed by atoms with Gasteiger partial charge >= 0.3 is 6.09 Å². The number of nitrogens with one attached hydrogen (secondary N) is 2. The highest BCUT2D eigenvalue weighted by molar-refractivity contribution is 7.90. The number of carbonyl (C=O) groups excluding carboxylic acids is 2. The maximum absolute atomic E-state index is 12.8. The Kier molecular flexibility index (Phi) is 5.61. The van der Waals surface area contributed by atoms with Gasteiger partial charge in [-0.15, -0.1) is 0 Å². The van der Waals surface area contributed by atoms with Crippen LogP contribution in [0, 0.1) is 0 Å². The molecule has 9 nitrogen and oxygen atoms in total. The zero-order chi connectivity index (χ0) is 22.7. The summed E-state index contributed by atoms with van der Waals surface area (Å²) in [6, 6.07) is 19.1. The van der Waals surface area contributed by atoms with E-state index in [1.165, 1.54) is 30.3 Å². The first-order valence-corrected chi connectivity index (χ1v) is 11.1. The number of nitrogens with zero attached hydrogens (tertiary/aromatic N) is 1. The molecule has 0 unspecified atom stereocenters. The highest BCUT2D eigenvalue weighted by Crippen LogP contribution is 2.21. The van der Waals surface area contributed by atoms with Crippen LogP contribution in [0.15, 0.2) is 77.7 Å². The van der Waals surface area contributed by atoms with Crippen molar-refractivity contribution in [3.05, 3.63) is 84.2 Å². The second-order valence-electron chi connectivity index (χ2n) is 6.86. The monoisotopic (exact) mass is 450 g/mol. The van der Waals surface area contributed by atoms with E-state index >= 15 is 0 Å². The summed E-state index contributed by atoms with van der Waals surface area (Å²) >= 11 is 0. The average molecular weight is 450 g/mol. The summed E-state index contributed by atoms with van der Waals surface area (Å²) in [6.07, 6.45) is -0.695. The first kappa shape index (κ1) is 21.1. The van der Waals surface area contributed by atoms with Gasteiger partial charge in [0.2, 0.25) is 0 Å². The highest BCUT2D eigenvalue weighted by atomic mass is 32.2. The SMILES string of the molecule is NC(=O)c1cccc2[nH]c(CS(=O)(=O)c3ccc(NC(=O)Oc4ccccc4)cc3)nc12. The van der Waals surface area contributed by atoms with E-state index in [2.05, 4.69) is 15.3 Å². The second-order valence-corrected chi connectivity index (χ2v) is 8.85. The van der Waals surface area contributed by atoms with Gasteiger partial charge in [-0.25, -0.2) is 18.2 Å². The molecule has 3 aromatic carbocycles. The van der Waals surface area contributed by atoms with Crippen LogP contribution >= 0.6 is 0 Å². The molecule has 32 heavy (non-hydrogen) atoms. The van der Waals surface area contributed by atoms with Crippen LogP contribution in [-0.2, 0) is 15.6 Å². The van der Waals surface area contributed by atoms with Crippen molar-refractivity contribution in [1.82, 2.24) is 9.97 Å². The van der Waals surface area contributed by atoms with Crippen LogP contribution in [0.4, 0.5) is 10.5 Å². The Morgan fingerprint density at radius 1 is 0.969 bits per heavy atom.